The highest BCUT2D eigenvalue weighted by Gasteiger charge is 2.23. The first-order valence-electron chi connectivity index (χ1n) is 4.65. The molecule has 0 radical (unpaired) electrons. The van der Waals surface area contributed by atoms with Crippen molar-refractivity contribution in [2.75, 3.05) is 0 Å². The average Bonchev–Trinajstić information content (AvgIpc) is 2.28. The zero-order valence-corrected chi connectivity index (χ0v) is 9.92. The van der Waals surface area contributed by atoms with Crippen LogP contribution in [0.15, 0.2) is 23.1 Å². The Labute approximate surface area is 105 Å². The van der Waals surface area contributed by atoms with Gasteiger partial charge in [0, 0.05) is 6.07 Å². The van der Waals surface area contributed by atoms with Crippen molar-refractivity contribution < 1.29 is 19.7 Å². The zero-order chi connectivity index (χ0) is 13.9. The van der Waals surface area contributed by atoms with Gasteiger partial charge >= 0.3 is 5.97 Å². The Morgan fingerprint density at radius 3 is 2.39 bits per heavy atom. The van der Waals surface area contributed by atoms with E-state index in [2.05, 4.69) is 0 Å². The van der Waals surface area contributed by atoms with Gasteiger partial charge in [0.05, 0.1) is 20.8 Å². The third-order valence-corrected chi connectivity index (χ3v) is 3.16. The van der Waals surface area contributed by atoms with Gasteiger partial charge in [-0.05, 0) is 13.0 Å². The molecule has 0 fully saturated rings. The number of carboxylic acids is 1. The van der Waals surface area contributed by atoms with Crippen molar-refractivity contribution in [1.29, 1.82) is 0 Å². The van der Waals surface area contributed by atoms with Crippen LogP contribution in [0.4, 0.5) is 11.4 Å². The third kappa shape index (κ3) is 3.17. The molecule has 18 heavy (non-hydrogen) atoms. The van der Waals surface area contributed by atoms with Gasteiger partial charge in [-0.25, -0.2) is 0 Å². The molecule has 1 aromatic carbocycles. The molecule has 0 spiro atoms. The van der Waals surface area contributed by atoms with Crippen molar-refractivity contribution in [3.05, 3.63) is 38.4 Å². The SMILES string of the molecule is C[C@H](Sc1ccc([N+](=O)[O-])cc1[N+](=O)[O-])C(=O)O. The van der Waals surface area contributed by atoms with E-state index < -0.39 is 32.4 Å². The number of hydrogen-bond donors (Lipinski definition) is 1. The van der Waals surface area contributed by atoms with E-state index in [0.29, 0.717) is 0 Å². The van der Waals surface area contributed by atoms with Crippen LogP contribution in [-0.4, -0.2) is 26.2 Å². The molecule has 0 amide bonds. The van der Waals surface area contributed by atoms with Crippen molar-refractivity contribution in [3.63, 3.8) is 0 Å². The molecular weight excluding hydrogens is 264 g/mol. The van der Waals surface area contributed by atoms with Crippen LogP contribution in [-0.2, 0) is 4.79 Å². The predicted molar refractivity (Wildman–Crippen MR) is 62.7 cm³/mol. The van der Waals surface area contributed by atoms with E-state index in [1.807, 2.05) is 0 Å². The highest BCUT2D eigenvalue weighted by Crippen LogP contribution is 2.34. The van der Waals surface area contributed by atoms with Gasteiger partial charge in [0.1, 0.15) is 5.25 Å². The summed E-state index contributed by atoms with van der Waals surface area (Å²) in [4.78, 5) is 30.5. The zero-order valence-electron chi connectivity index (χ0n) is 9.10. The molecule has 0 aliphatic rings. The summed E-state index contributed by atoms with van der Waals surface area (Å²) in [5.41, 5.74) is -0.878. The number of rotatable bonds is 5. The Balaban J connectivity index is 3.16. The Kier molecular flexibility index (Phi) is 4.21. The Morgan fingerprint density at radius 2 is 1.94 bits per heavy atom. The third-order valence-electron chi connectivity index (χ3n) is 2.00. The number of aliphatic carboxylic acids is 1. The molecule has 0 saturated carbocycles. The van der Waals surface area contributed by atoms with Crippen LogP contribution in [0.3, 0.4) is 0 Å². The van der Waals surface area contributed by atoms with Crippen LogP contribution >= 0.6 is 11.8 Å². The summed E-state index contributed by atoms with van der Waals surface area (Å²) in [5.74, 6) is -1.12. The van der Waals surface area contributed by atoms with Crippen molar-refractivity contribution in [2.24, 2.45) is 0 Å². The number of carbonyl (C=O) groups is 1. The molecule has 0 aliphatic carbocycles. The number of benzene rings is 1. The lowest BCUT2D eigenvalue weighted by Crippen LogP contribution is -2.11. The fraction of sp³-hybridized carbons (Fsp3) is 0.222. The number of nitrogens with zero attached hydrogens (tertiary/aromatic N) is 2. The Hall–Kier alpha value is -2.16. The van der Waals surface area contributed by atoms with Gasteiger partial charge in [0.2, 0.25) is 0 Å². The summed E-state index contributed by atoms with van der Waals surface area (Å²) >= 11 is 0.763. The molecule has 1 rings (SSSR count). The Morgan fingerprint density at radius 1 is 1.33 bits per heavy atom. The molecule has 96 valence electrons. The molecule has 0 aliphatic heterocycles. The van der Waals surface area contributed by atoms with Crippen molar-refractivity contribution >= 4 is 29.1 Å². The predicted octanol–water partition coefficient (Wildman–Crippen LogP) is 2.07. The van der Waals surface area contributed by atoms with E-state index in [0.717, 1.165) is 23.9 Å². The van der Waals surface area contributed by atoms with E-state index in [4.69, 9.17) is 5.11 Å². The second-order valence-electron chi connectivity index (χ2n) is 3.26. The van der Waals surface area contributed by atoms with Crippen LogP contribution in [0.25, 0.3) is 0 Å². The highest BCUT2D eigenvalue weighted by atomic mass is 32.2. The van der Waals surface area contributed by atoms with E-state index in [1.54, 1.807) is 0 Å². The molecule has 1 aromatic rings. The van der Waals surface area contributed by atoms with Crippen molar-refractivity contribution in [2.45, 2.75) is 17.1 Å². The van der Waals surface area contributed by atoms with Gasteiger partial charge in [-0.15, -0.1) is 11.8 Å². The molecule has 0 heterocycles. The van der Waals surface area contributed by atoms with Crippen LogP contribution < -0.4 is 0 Å². The molecule has 0 saturated heterocycles. The number of nitro benzene ring substituents is 2. The molecule has 0 aromatic heterocycles. The summed E-state index contributed by atoms with van der Waals surface area (Å²) in [6, 6.07) is 3.10. The smallest absolute Gasteiger partial charge is 0.316 e. The summed E-state index contributed by atoms with van der Waals surface area (Å²) < 4.78 is 0. The lowest BCUT2D eigenvalue weighted by atomic mass is 10.3. The van der Waals surface area contributed by atoms with Crippen molar-refractivity contribution in [1.82, 2.24) is 0 Å². The van der Waals surface area contributed by atoms with E-state index in [1.165, 1.54) is 13.0 Å². The Bertz CT molecular complexity index is 518. The fourth-order valence-electron chi connectivity index (χ4n) is 1.10. The second kappa shape index (κ2) is 5.45. The van der Waals surface area contributed by atoms with E-state index in [-0.39, 0.29) is 4.90 Å². The summed E-state index contributed by atoms with van der Waals surface area (Å²) in [6.07, 6.45) is 0. The lowest BCUT2D eigenvalue weighted by Gasteiger charge is -2.06. The largest absolute Gasteiger partial charge is 0.480 e. The minimum absolute atomic E-state index is 0.0838. The normalized spacial score (nSPS) is 11.8. The molecule has 0 unspecified atom stereocenters. The second-order valence-corrected chi connectivity index (χ2v) is 4.65. The average molecular weight is 272 g/mol. The summed E-state index contributed by atoms with van der Waals surface area (Å²) in [7, 11) is 0. The number of non-ortho nitro benzene ring substituents is 1. The topological polar surface area (TPSA) is 124 Å². The first kappa shape index (κ1) is 13.9. The van der Waals surface area contributed by atoms with Crippen LogP contribution in [0.2, 0.25) is 0 Å². The van der Waals surface area contributed by atoms with Crippen LogP contribution in [0.5, 0.6) is 0 Å². The van der Waals surface area contributed by atoms with Gasteiger partial charge < -0.3 is 5.11 Å². The quantitative estimate of drug-likeness (QED) is 0.494. The maximum atomic E-state index is 10.8. The first-order valence-corrected chi connectivity index (χ1v) is 5.53. The fourth-order valence-corrected chi connectivity index (χ4v) is 1.99. The molecule has 8 nitrogen and oxygen atoms in total. The van der Waals surface area contributed by atoms with E-state index in [9.17, 15) is 25.0 Å². The number of carboxylic acid groups (broad SMARTS) is 1. The van der Waals surface area contributed by atoms with Gasteiger partial charge in [0.25, 0.3) is 11.4 Å². The monoisotopic (exact) mass is 272 g/mol. The first-order chi connectivity index (χ1) is 8.32. The lowest BCUT2D eigenvalue weighted by molar-refractivity contribution is -0.396. The van der Waals surface area contributed by atoms with Gasteiger partial charge in [-0.2, -0.15) is 0 Å². The summed E-state index contributed by atoms with van der Waals surface area (Å²) in [5, 5.41) is 29.1. The molecule has 1 atom stereocenters. The maximum Gasteiger partial charge on any atom is 0.316 e. The highest BCUT2D eigenvalue weighted by molar-refractivity contribution is 8.00. The summed E-state index contributed by atoms with van der Waals surface area (Å²) in [6.45, 7) is 1.37. The van der Waals surface area contributed by atoms with Gasteiger partial charge in [-0.1, -0.05) is 0 Å². The van der Waals surface area contributed by atoms with Crippen LogP contribution in [0.1, 0.15) is 6.92 Å². The number of thioether (sulfide) groups is 1. The number of nitro groups is 2. The minimum Gasteiger partial charge on any atom is -0.480 e. The molecular formula is C9H8N2O6S. The molecule has 0 bridgehead atoms. The van der Waals surface area contributed by atoms with Gasteiger partial charge in [-0.3, -0.25) is 25.0 Å². The van der Waals surface area contributed by atoms with Crippen molar-refractivity contribution in [3.8, 4) is 0 Å². The van der Waals surface area contributed by atoms with Gasteiger partial charge in [0.15, 0.2) is 0 Å². The maximum absolute atomic E-state index is 10.8. The minimum atomic E-state index is -1.12. The number of hydrogen-bond acceptors (Lipinski definition) is 6. The molecule has 1 N–H and O–H groups in total. The van der Waals surface area contributed by atoms with Crippen LogP contribution in [0, 0.1) is 20.2 Å². The standard InChI is InChI=1S/C9H8N2O6S/c1-5(9(12)13)18-8-3-2-6(10(14)15)4-7(8)11(16)17/h2-5H,1H3,(H,12,13)/t5-/m0/s1. The van der Waals surface area contributed by atoms with E-state index >= 15 is 0 Å². The molecule has 9 heteroatoms.